The van der Waals surface area contributed by atoms with Crippen molar-refractivity contribution < 1.29 is 9.53 Å². The lowest BCUT2D eigenvalue weighted by molar-refractivity contribution is -0.137. The number of cyclic esters (lactones) is 1. The fourth-order valence-electron chi connectivity index (χ4n) is 2.92. The average Bonchev–Trinajstić information content (AvgIpc) is 3.02. The van der Waals surface area contributed by atoms with Crippen molar-refractivity contribution in [1.29, 1.82) is 0 Å². The van der Waals surface area contributed by atoms with Gasteiger partial charge in [-0.2, -0.15) is 0 Å². The number of hydrogen-bond acceptors (Lipinski definition) is 6. The Morgan fingerprint density at radius 2 is 2.14 bits per heavy atom. The molecule has 0 bridgehead atoms. The minimum atomic E-state index is -0.250. The third-order valence-corrected chi connectivity index (χ3v) is 6.26. The van der Waals surface area contributed by atoms with Gasteiger partial charge in [0.25, 0.3) is 5.56 Å². The average molecular weight is 322 g/mol. The number of thioether (sulfide) groups is 1. The first-order valence-electron chi connectivity index (χ1n) is 7.10. The monoisotopic (exact) mass is 322 g/mol. The molecule has 3 heterocycles. The summed E-state index contributed by atoms with van der Waals surface area (Å²) in [5.74, 6) is -0.215. The zero-order chi connectivity index (χ0) is 14.4. The summed E-state index contributed by atoms with van der Waals surface area (Å²) < 4.78 is 4.94. The largest absolute Gasteiger partial charge is 0.465 e. The van der Waals surface area contributed by atoms with Crippen LogP contribution >= 0.6 is 23.1 Å². The molecule has 2 aromatic rings. The molecule has 1 N–H and O–H groups in total. The minimum Gasteiger partial charge on any atom is -0.465 e. The topological polar surface area (TPSA) is 72.0 Å². The minimum absolute atomic E-state index is 0.0757. The van der Waals surface area contributed by atoms with E-state index in [1.165, 1.54) is 28.6 Å². The summed E-state index contributed by atoms with van der Waals surface area (Å²) >= 11 is 2.93. The maximum atomic E-state index is 12.4. The van der Waals surface area contributed by atoms with E-state index in [2.05, 4.69) is 9.97 Å². The zero-order valence-corrected chi connectivity index (χ0v) is 12.9. The van der Waals surface area contributed by atoms with Gasteiger partial charge in [0.2, 0.25) is 0 Å². The Morgan fingerprint density at radius 3 is 2.95 bits per heavy atom. The summed E-state index contributed by atoms with van der Waals surface area (Å²) in [5.41, 5.74) is 1.11. The highest BCUT2D eigenvalue weighted by atomic mass is 32.2. The number of nitrogens with one attached hydrogen (secondary N) is 1. The summed E-state index contributed by atoms with van der Waals surface area (Å²) in [6.45, 7) is 0.455. The maximum absolute atomic E-state index is 12.4. The summed E-state index contributed by atoms with van der Waals surface area (Å²) in [5, 5.41) is 1.03. The predicted octanol–water partition coefficient (Wildman–Crippen LogP) is 2.27. The first-order valence-corrected chi connectivity index (χ1v) is 8.80. The van der Waals surface area contributed by atoms with Gasteiger partial charge < -0.3 is 9.72 Å². The van der Waals surface area contributed by atoms with Crippen molar-refractivity contribution in [1.82, 2.24) is 9.97 Å². The lowest BCUT2D eigenvalue weighted by atomic mass is 9.97. The third-order valence-electron chi connectivity index (χ3n) is 3.94. The van der Waals surface area contributed by atoms with Crippen molar-refractivity contribution in [3.8, 4) is 0 Å². The number of hydrogen-bond donors (Lipinski definition) is 1. The lowest BCUT2D eigenvalue weighted by Crippen LogP contribution is -2.14. The van der Waals surface area contributed by atoms with E-state index in [0.29, 0.717) is 18.2 Å². The maximum Gasteiger partial charge on any atom is 0.319 e. The Balaban J connectivity index is 1.75. The Labute approximate surface area is 129 Å². The van der Waals surface area contributed by atoms with Gasteiger partial charge in [0.15, 0.2) is 5.16 Å². The predicted molar refractivity (Wildman–Crippen MR) is 82.1 cm³/mol. The van der Waals surface area contributed by atoms with Crippen LogP contribution in [0, 0.1) is 0 Å². The van der Waals surface area contributed by atoms with Gasteiger partial charge in [0, 0.05) is 11.3 Å². The quantitative estimate of drug-likeness (QED) is 0.678. The number of aromatic amines is 1. The molecule has 0 saturated carbocycles. The number of carbonyl (C=O) groups excluding carboxylic acids is 1. The number of aromatic nitrogens is 2. The van der Waals surface area contributed by atoms with E-state index in [1.807, 2.05) is 0 Å². The second-order valence-corrected chi connectivity index (χ2v) is 7.60. The molecule has 2 aliphatic rings. The molecule has 1 aliphatic heterocycles. The van der Waals surface area contributed by atoms with E-state index in [4.69, 9.17) is 4.74 Å². The summed E-state index contributed by atoms with van der Waals surface area (Å²) in [4.78, 5) is 33.4. The number of fused-ring (bicyclic) bond motifs is 3. The number of aryl methyl sites for hydroxylation is 2. The third kappa shape index (κ3) is 2.28. The van der Waals surface area contributed by atoms with E-state index in [-0.39, 0.29) is 16.8 Å². The van der Waals surface area contributed by atoms with Crippen molar-refractivity contribution in [3.05, 3.63) is 20.8 Å². The van der Waals surface area contributed by atoms with Crippen LogP contribution in [0.15, 0.2) is 9.95 Å². The molecule has 110 valence electrons. The van der Waals surface area contributed by atoms with E-state index in [0.717, 1.165) is 29.5 Å². The molecule has 5 nitrogen and oxygen atoms in total. The number of ether oxygens (including phenoxy) is 1. The van der Waals surface area contributed by atoms with Gasteiger partial charge >= 0.3 is 5.97 Å². The number of thiophene rings is 1. The van der Waals surface area contributed by atoms with E-state index in [9.17, 15) is 9.59 Å². The molecule has 21 heavy (non-hydrogen) atoms. The van der Waals surface area contributed by atoms with Gasteiger partial charge in [-0.25, -0.2) is 4.98 Å². The van der Waals surface area contributed by atoms with Gasteiger partial charge in [-0.3, -0.25) is 9.59 Å². The van der Waals surface area contributed by atoms with Crippen LogP contribution in [0.3, 0.4) is 0 Å². The fraction of sp³-hybridized carbons (Fsp3) is 0.500. The summed E-state index contributed by atoms with van der Waals surface area (Å²) in [7, 11) is 0. The first-order chi connectivity index (χ1) is 10.2. The number of esters is 1. The Morgan fingerprint density at radius 1 is 1.29 bits per heavy atom. The molecule has 7 heteroatoms. The van der Waals surface area contributed by atoms with Crippen LogP contribution in [0.4, 0.5) is 0 Å². The van der Waals surface area contributed by atoms with E-state index in [1.54, 1.807) is 11.3 Å². The van der Waals surface area contributed by atoms with Crippen LogP contribution in [0.1, 0.15) is 29.7 Å². The zero-order valence-electron chi connectivity index (χ0n) is 11.3. The van der Waals surface area contributed by atoms with Crippen LogP contribution in [-0.2, 0) is 22.4 Å². The highest BCUT2D eigenvalue weighted by molar-refractivity contribution is 8.00. The van der Waals surface area contributed by atoms with Crippen LogP contribution < -0.4 is 5.56 Å². The van der Waals surface area contributed by atoms with Crippen molar-refractivity contribution >= 4 is 39.3 Å². The van der Waals surface area contributed by atoms with E-state index >= 15 is 0 Å². The normalized spacial score (nSPS) is 21.5. The SMILES string of the molecule is O=C1OCCC1Sc1nc2sc3c(c2c(=O)[nH]1)CCCC3. The van der Waals surface area contributed by atoms with Crippen molar-refractivity contribution in [2.45, 2.75) is 42.5 Å². The number of rotatable bonds is 2. The van der Waals surface area contributed by atoms with Gasteiger partial charge in [-0.1, -0.05) is 11.8 Å². The van der Waals surface area contributed by atoms with Crippen LogP contribution in [0.25, 0.3) is 10.2 Å². The number of carbonyl (C=O) groups is 1. The molecule has 4 rings (SSSR count). The van der Waals surface area contributed by atoms with Crippen LogP contribution in [-0.4, -0.2) is 27.8 Å². The molecule has 0 amide bonds. The molecule has 0 spiro atoms. The number of nitrogens with zero attached hydrogens (tertiary/aromatic N) is 1. The van der Waals surface area contributed by atoms with Crippen molar-refractivity contribution in [2.75, 3.05) is 6.61 Å². The molecule has 1 aliphatic carbocycles. The summed E-state index contributed by atoms with van der Waals surface area (Å²) in [6, 6.07) is 0. The van der Waals surface area contributed by atoms with Crippen molar-refractivity contribution in [2.24, 2.45) is 0 Å². The molecule has 2 aromatic heterocycles. The molecule has 1 unspecified atom stereocenters. The molecule has 0 aromatic carbocycles. The molecule has 0 radical (unpaired) electrons. The standard InChI is InChI=1S/C14H14N2O3S2/c17-11-10-7-3-1-2-4-8(7)20-12(10)16-14(15-11)21-9-5-6-19-13(9)18/h9H,1-6H2,(H,15,16,17). The molecule has 1 fully saturated rings. The Kier molecular flexibility index (Phi) is 3.26. The smallest absolute Gasteiger partial charge is 0.319 e. The van der Waals surface area contributed by atoms with E-state index < -0.39 is 0 Å². The highest BCUT2D eigenvalue weighted by Crippen LogP contribution is 2.35. The van der Waals surface area contributed by atoms with Crippen LogP contribution in [0.2, 0.25) is 0 Å². The van der Waals surface area contributed by atoms with Crippen molar-refractivity contribution in [3.63, 3.8) is 0 Å². The molecular formula is C14H14N2O3S2. The summed E-state index contributed by atoms with van der Waals surface area (Å²) in [6.07, 6.45) is 5.02. The number of H-pyrrole nitrogens is 1. The first kappa shape index (κ1) is 13.3. The Bertz CT molecular complexity index is 780. The lowest BCUT2D eigenvalue weighted by Gasteiger charge is -2.09. The second kappa shape index (κ2) is 5.14. The second-order valence-electron chi connectivity index (χ2n) is 5.32. The highest BCUT2D eigenvalue weighted by Gasteiger charge is 2.29. The van der Waals surface area contributed by atoms with Gasteiger partial charge in [0.1, 0.15) is 10.1 Å². The van der Waals surface area contributed by atoms with Gasteiger partial charge in [0.05, 0.1) is 12.0 Å². The van der Waals surface area contributed by atoms with Crippen LogP contribution in [0.5, 0.6) is 0 Å². The molecule has 1 saturated heterocycles. The van der Waals surface area contributed by atoms with Gasteiger partial charge in [-0.05, 0) is 31.2 Å². The molecular weight excluding hydrogens is 308 g/mol. The van der Waals surface area contributed by atoms with Gasteiger partial charge in [-0.15, -0.1) is 11.3 Å². The molecule has 1 atom stereocenters. The Hall–Kier alpha value is -1.34. The fourth-order valence-corrected chi connectivity index (χ4v) is 5.18.